The SMILES string of the molecule is COc1ccc(C=O)c(F)c1.N#Cc1ccc(N2CCN(c3ccc(N)cc3)CC2)cc1.[HH]. The van der Waals surface area contributed by atoms with Crippen LogP contribution in [0.1, 0.15) is 17.3 Å². The molecule has 0 atom stereocenters. The van der Waals surface area contributed by atoms with E-state index in [4.69, 9.17) is 15.7 Å². The van der Waals surface area contributed by atoms with Crippen LogP contribution in [0, 0.1) is 17.1 Å². The smallest absolute Gasteiger partial charge is 0.152 e. The van der Waals surface area contributed by atoms with Gasteiger partial charge in [-0.1, -0.05) is 0 Å². The molecule has 0 amide bonds. The van der Waals surface area contributed by atoms with Gasteiger partial charge >= 0.3 is 0 Å². The molecule has 3 aromatic carbocycles. The van der Waals surface area contributed by atoms with Gasteiger partial charge in [0.15, 0.2) is 6.29 Å². The third kappa shape index (κ3) is 5.76. The summed E-state index contributed by atoms with van der Waals surface area (Å²) in [6, 6.07) is 22.1. The predicted molar refractivity (Wildman–Crippen MR) is 127 cm³/mol. The van der Waals surface area contributed by atoms with E-state index in [1.54, 1.807) is 0 Å². The Morgan fingerprint density at radius 1 is 0.969 bits per heavy atom. The first-order valence-corrected chi connectivity index (χ1v) is 10.2. The minimum absolute atomic E-state index is 0. The summed E-state index contributed by atoms with van der Waals surface area (Å²) in [5.74, 6) is -0.146. The fraction of sp³-hybridized carbons (Fsp3) is 0.200. The molecule has 1 aliphatic rings. The summed E-state index contributed by atoms with van der Waals surface area (Å²) in [4.78, 5) is 14.9. The largest absolute Gasteiger partial charge is 0.497 e. The molecule has 0 aromatic heterocycles. The van der Waals surface area contributed by atoms with Gasteiger partial charge in [-0.25, -0.2) is 4.39 Å². The van der Waals surface area contributed by atoms with E-state index in [2.05, 4.69) is 28.0 Å². The molecule has 6 nitrogen and oxygen atoms in total. The van der Waals surface area contributed by atoms with Gasteiger partial charge in [0.25, 0.3) is 0 Å². The number of nitriles is 1. The number of aldehydes is 1. The number of hydrogen-bond donors (Lipinski definition) is 1. The van der Waals surface area contributed by atoms with Crippen molar-refractivity contribution in [2.75, 3.05) is 48.8 Å². The summed E-state index contributed by atoms with van der Waals surface area (Å²) >= 11 is 0. The molecule has 1 heterocycles. The second-order valence-electron chi connectivity index (χ2n) is 7.23. The molecule has 1 aliphatic heterocycles. The van der Waals surface area contributed by atoms with Crippen LogP contribution in [0.5, 0.6) is 5.75 Å². The summed E-state index contributed by atoms with van der Waals surface area (Å²) in [6.45, 7) is 3.94. The normalized spacial score (nSPS) is 12.9. The van der Waals surface area contributed by atoms with E-state index in [0.717, 1.165) is 31.9 Å². The zero-order chi connectivity index (χ0) is 22.9. The third-order valence-corrected chi connectivity index (χ3v) is 5.23. The van der Waals surface area contributed by atoms with Crippen molar-refractivity contribution in [3.05, 3.63) is 83.7 Å². The molecule has 1 saturated heterocycles. The van der Waals surface area contributed by atoms with Crippen molar-refractivity contribution >= 4 is 23.3 Å². The molecule has 166 valence electrons. The Morgan fingerprint density at radius 3 is 1.94 bits per heavy atom. The Bertz CT molecular complexity index is 1080. The zero-order valence-corrected chi connectivity index (χ0v) is 17.9. The molecular formula is C25H27FN4O2. The molecule has 0 bridgehead atoms. The first-order valence-electron chi connectivity index (χ1n) is 10.2. The molecule has 3 aromatic rings. The number of anilines is 3. The lowest BCUT2D eigenvalue weighted by Gasteiger charge is -2.37. The van der Waals surface area contributed by atoms with Crippen LogP contribution in [0.2, 0.25) is 0 Å². The lowest BCUT2D eigenvalue weighted by Crippen LogP contribution is -2.46. The number of carbonyl (C=O) groups excluding carboxylic acids is 1. The standard InChI is InChI=1S/C17H18N4.C8H7FO2.H2/c18-13-14-1-5-16(6-2-14)20-9-11-21(12-10-20)17-7-3-15(19)4-8-17;1-11-7-3-2-6(5-10)8(9)4-7;/h1-8H,9-12,19H2;2-5H,1H3;1H. The topological polar surface area (TPSA) is 82.6 Å². The minimum atomic E-state index is -0.556. The van der Waals surface area contributed by atoms with E-state index < -0.39 is 5.82 Å². The first-order chi connectivity index (χ1) is 15.5. The third-order valence-electron chi connectivity index (χ3n) is 5.23. The van der Waals surface area contributed by atoms with Crippen LogP contribution in [-0.4, -0.2) is 39.6 Å². The lowest BCUT2D eigenvalue weighted by atomic mass is 10.2. The average molecular weight is 435 g/mol. The number of methoxy groups -OCH3 is 1. The number of nitrogens with two attached hydrogens (primary N) is 1. The molecule has 0 spiro atoms. The van der Waals surface area contributed by atoms with Crippen LogP contribution in [0.4, 0.5) is 21.5 Å². The number of benzene rings is 3. The van der Waals surface area contributed by atoms with Crippen molar-refractivity contribution in [2.45, 2.75) is 0 Å². The quantitative estimate of drug-likeness (QED) is 0.485. The van der Waals surface area contributed by atoms with Gasteiger partial charge in [0, 0.05) is 50.7 Å². The number of nitrogens with zero attached hydrogens (tertiary/aromatic N) is 3. The highest BCUT2D eigenvalue weighted by atomic mass is 19.1. The van der Waals surface area contributed by atoms with Gasteiger partial charge in [-0.05, 0) is 60.7 Å². The number of ether oxygens (including phenoxy) is 1. The minimum Gasteiger partial charge on any atom is -0.497 e. The van der Waals surface area contributed by atoms with E-state index in [9.17, 15) is 9.18 Å². The Balaban J connectivity index is 0.000000274. The summed E-state index contributed by atoms with van der Waals surface area (Å²) < 4.78 is 17.5. The first kappa shape index (κ1) is 22.6. The van der Waals surface area contributed by atoms with Gasteiger partial charge < -0.3 is 20.3 Å². The molecular weight excluding hydrogens is 407 g/mol. The van der Waals surface area contributed by atoms with Crippen molar-refractivity contribution < 1.29 is 15.3 Å². The number of carbonyl (C=O) groups is 1. The molecule has 0 radical (unpaired) electrons. The molecule has 0 unspecified atom stereocenters. The highest BCUT2D eigenvalue weighted by molar-refractivity contribution is 5.75. The van der Waals surface area contributed by atoms with Crippen LogP contribution in [0.3, 0.4) is 0 Å². The van der Waals surface area contributed by atoms with Crippen molar-refractivity contribution in [3.63, 3.8) is 0 Å². The highest BCUT2D eigenvalue weighted by Crippen LogP contribution is 2.21. The second kappa shape index (κ2) is 10.8. The maximum atomic E-state index is 12.7. The maximum Gasteiger partial charge on any atom is 0.152 e. The van der Waals surface area contributed by atoms with Crippen LogP contribution < -0.4 is 20.3 Å². The van der Waals surface area contributed by atoms with E-state index >= 15 is 0 Å². The van der Waals surface area contributed by atoms with E-state index in [1.165, 1.54) is 36.7 Å². The van der Waals surface area contributed by atoms with Crippen LogP contribution in [0.25, 0.3) is 0 Å². The van der Waals surface area contributed by atoms with Crippen molar-refractivity contribution in [1.29, 1.82) is 5.26 Å². The zero-order valence-electron chi connectivity index (χ0n) is 17.9. The summed E-state index contributed by atoms with van der Waals surface area (Å²) in [5.41, 5.74) is 9.70. The fourth-order valence-corrected chi connectivity index (χ4v) is 3.39. The molecule has 32 heavy (non-hydrogen) atoms. The number of nitrogen functional groups attached to an aromatic ring is 1. The van der Waals surface area contributed by atoms with Gasteiger partial charge in [0.1, 0.15) is 11.6 Å². The molecule has 0 saturated carbocycles. The highest BCUT2D eigenvalue weighted by Gasteiger charge is 2.17. The summed E-state index contributed by atoms with van der Waals surface area (Å²) in [7, 11) is 1.44. The van der Waals surface area contributed by atoms with Crippen molar-refractivity contribution in [1.82, 2.24) is 0 Å². The van der Waals surface area contributed by atoms with E-state index in [1.807, 2.05) is 36.4 Å². The molecule has 7 heteroatoms. The number of hydrogen-bond acceptors (Lipinski definition) is 6. The van der Waals surface area contributed by atoms with Crippen LogP contribution in [-0.2, 0) is 0 Å². The second-order valence-corrected chi connectivity index (χ2v) is 7.23. The molecule has 0 aliphatic carbocycles. The Morgan fingerprint density at radius 2 is 1.50 bits per heavy atom. The van der Waals surface area contributed by atoms with Crippen molar-refractivity contribution in [3.8, 4) is 11.8 Å². The Kier molecular flexibility index (Phi) is 7.65. The predicted octanol–water partition coefficient (Wildman–Crippen LogP) is 4.36. The Labute approximate surface area is 188 Å². The van der Waals surface area contributed by atoms with Gasteiger partial charge in [-0.15, -0.1) is 0 Å². The average Bonchev–Trinajstić information content (AvgIpc) is 2.85. The number of rotatable bonds is 4. The monoisotopic (exact) mass is 434 g/mol. The van der Waals surface area contributed by atoms with E-state index in [-0.39, 0.29) is 6.99 Å². The maximum absolute atomic E-state index is 12.7. The van der Waals surface area contributed by atoms with Crippen molar-refractivity contribution in [2.24, 2.45) is 0 Å². The van der Waals surface area contributed by atoms with E-state index in [0.29, 0.717) is 17.6 Å². The molecule has 2 N–H and O–H groups in total. The van der Waals surface area contributed by atoms with Gasteiger partial charge in [0.05, 0.1) is 24.3 Å². The van der Waals surface area contributed by atoms with Crippen LogP contribution in [0.15, 0.2) is 66.7 Å². The van der Waals surface area contributed by atoms with Gasteiger partial charge in [-0.2, -0.15) is 5.26 Å². The van der Waals surface area contributed by atoms with Gasteiger partial charge in [-0.3, -0.25) is 4.79 Å². The summed E-state index contributed by atoms with van der Waals surface area (Å²) in [6.07, 6.45) is 0.467. The summed E-state index contributed by atoms with van der Waals surface area (Å²) in [5, 5.41) is 8.84. The Hall–Kier alpha value is -4.05. The molecule has 4 rings (SSSR count). The van der Waals surface area contributed by atoms with Gasteiger partial charge in [0.2, 0.25) is 0 Å². The molecule has 1 fully saturated rings. The fourth-order valence-electron chi connectivity index (χ4n) is 3.39. The van der Waals surface area contributed by atoms with Crippen LogP contribution >= 0.6 is 0 Å². The number of piperazine rings is 1. The number of halogens is 1. The lowest BCUT2D eigenvalue weighted by molar-refractivity contribution is 0.111.